The Hall–Kier alpha value is -0.120. The molecule has 3 unspecified atom stereocenters. The Morgan fingerprint density at radius 1 is 1.33 bits per heavy atom. The molecule has 3 nitrogen and oxygen atoms in total. The average molecular weight is 213 g/mol. The maximum Gasteiger partial charge on any atom is 0.0816 e. The van der Waals surface area contributed by atoms with Crippen molar-refractivity contribution in [1.82, 2.24) is 0 Å². The Balaban J connectivity index is 1.66. The second-order valence-electron chi connectivity index (χ2n) is 5.57. The molecule has 0 amide bonds. The summed E-state index contributed by atoms with van der Waals surface area (Å²) >= 11 is 0. The average Bonchev–Trinajstić information content (AvgIpc) is 2.69. The molecule has 0 bridgehead atoms. The summed E-state index contributed by atoms with van der Waals surface area (Å²) in [6, 6.07) is 0.357. The molecular weight excluding hydrogens is 190 g/mol. The highest BCUT2D eigenvalue weighted by Crippen LogP contribution is 2.30. The van der Waals surface area contributed by atoms with E-state index >= 15 is 0 Å². The summed E-state index contributed by atoms with van der Waals surface area (Å²) < 4.78 is 11.7. The van der Waals surface area contributed by atoms with Crippen molar-refractivity contribution in [2.24, 2.45) is 5.73 Å². The predicted molar refractivity (Wildman–Crippen MR) is 59.8 cm³/mol. The normalized spacial score (nSPS) is 39.8. The van der Waals surface area contributed by atoms with Gasteiger partial charge in [-0.25, -0.2) is 0 Å². The lowest BCUT2D eigenvalue weighted by atomic mass is 10.1. The SMILES string of the molecule is CC1(C)CCC(COC2CCC(N)C2)O1. The molecule has 15 heavy (non-hydrogen) atoms. The molecule has 2 aliphatic rings. The Bertz CT molecular complexity index is 218. The van der Waals surface area contributed by atoms with Gasteiger partial charge in [0.15, 0.2) is 0 Å². The van der Waals surface area contributed by atoms with Crippen LogP contribution in [0.25, 0.3) is 0 Å². The van der Waals surface area contributed by atoms with Crippen LogP contribution in [-0.2, 0) is 9.47 Å². The zero-order valence-corrected chi connectivity index (χ0v) is 9.87. The highest BCUT2D eigenvalue weighted by molar-refractivity contribution is 4.82. The van der Waals surface area contributed by atoms with Crippen molar-refractivity contribution in [3.05, 3.63) is 0 Å². The summed E-state index contributed by atoms with van der Waals surface area (Å²) in [7, 11) is 0. The fraction of sp³-hybridized carbons (Fsp3) is 1.00. The quantitative estimate of drug-likeness (QED) is 0.778. The number of hydrogen-bond donors (Lipinski definition) is 1. The van der Waals surface area contributed by atoms with E-state index in [0.29, 0.717) is 18.2 Å². The van der Waals surface area contributed by atoms with Gasteiger partial charge in [-0.2, -0.15) is 0 Å². The maximum atomic E-state index is 5.88. The molecule has 2 fully saturated rings. The molecule has 2 rings (SSSR count). The van der Waals surface area contributed by atoms with Crippen LogP contribution in [0.3, 0.4) is 0 Å². The van der Waals surface area contributed by atoms with Crippen LogP contribution >= 0.6 is 0 Å². The zero-order valence-electron chi connectivity index (χ0n) is 9.87. The maximum absolute atomic E-state index is 5.88. The molecule has 1 saturated carbocycles. The molecule has 1 aliphatic heterocycles. The Morgan fingerprint density at radius 2 is 2.13 bits per heavy atom. The van der Waals surface area contributed by atoms with E-state index < -0.39 is 0 Å². The van der Waals surface area contributed by atoms with E-state index in [-0.39, 0.29) is 5.60 Å². The zero-order chi connectivity index (χ0) is 10.9. The van der Waals surface area contributed by atoms with Crippen molar-refractivity contribution in [3.63, 3.8) is 0 Å². The third kappa shape index (κ3) is 3.16. The first-order chi connectivity index (χ1) is 7.05. The highest BCUT2D eigenvalue weighted by Gasteiger charge is 2.32. The number of nitrogens with two attached hydrogens (primary N) is 1. The molecule has 0 aromatic rings. The van der Waals surface area contributed by atoms with Crippen LogP contribution in [0.4, 0.5) is 0 Å². The van der Waals surface area contributed by atoms with E-state index in [9.17, 15) is 0 Å². The molecule has 1 saturated heterocycles. The van der Waals surface area contributed by atoms with Gasteiger partial charge in [0, 0.05) is 6.04 Å². The van der Waals surface area contributed by atoms with Crippen molar-refractivity contribution in [2.75, 3.05) is 6.61 Å². The third-order valence-electron chi connectivity index (χ3n) is 3.50. The first-order valence-corrected chi connectivity index (χ1v) is 6.10. The van der Waals surface area contributed by atoms with Crippen LogP contribution in [0.15, 0.2) is 0 Å². The minimum atomic E-state index is 0.0557. The number of hydrogen-bond acceptors (Lipinski definition) is 3. The lowest BCUT2D eigenvalue weighted by molar-refractivity contribution is -0.0689. The standard InChI is InChI=1S/C12H23NO2/c1-12(2)6-5-11(15-12)8-14-10-4-3-9(13)7-10/h9-11H,3-8,13H2,1-2H3. The van der Waals surface area contributed by atoms with Crippen LogP contribution in [0.5, 0.6) is 0 Å². The molecule has 0 aromatic carbocycles. The van der Waals surface area contributed by atoms with Crippen LogP contribution in [0.1, 0.15) is 46.0 Å². The number of rotatable bonds is 3. The van der Waals surface area contributed by atoms with Crippen molar-refractivity contribution < 1.29 is 9.47 Å². The predicted octanol–water partition coefficient (Wildman–Crippen LogP) is 1.84. The van der Waals surface area contributed by atoms with Crippen molar-refractivity contribution in [2.45, 2.75) is 69.8 Å². The Labute approximate surface area is 92.3 Å². The Morgan fingerprint density at radius 3 is 2.67 bits per heavy atom. The summed E-state index contributed by atoms with van der Waals surface area (Å²) in [4.78, 5) is 0. The van der Waals surface area contributed by atoms with Crippen molar-refractivity contribution >= 4 is 0 Å². The van der Waals surface area contributed by atoms with Gasteiger partial charge in [0.2, 0.25) is 0 Å². The molecule has 0 spiro atoms. The Kier molecular flexibility index (Phi) is 3.33. The van der Waals surface area contributed by atoms with Gasteiger partial charge in [0.25, 0.3) is 0 Å². The summed E-state index contributed by atoms with van der Waals surface area (Å²) in [6.07, 6.45) is 6.22. The third-order valence-corrected chi connectivity index (χ3v) is 3.50. The second-order valence-corrected chi connectivity index (χ2v) is 5.57. The van der Waals surface area contributed by atoms with E-state index in [1.54, 1.807) is 0 Å². The van der Waals surface area contributed by atoms with Gasteiger partial charge >= 0.3 is 0 Å². The summed E-state index contributed by atoms with van der Waals surface area (Å²) in [5.74, 6) is 0. The summed E-state index contributed by atoms with van der Waals surface area (Å²) in [6.45, 7) is 5.05. The van der Waals surface area contributed by atoms with Crippen LogP contribution < -0.4 is 5.73 Å². The summed E-state index contributed by atoms with van der Waals surface area (Å²) in [5.41, 5.74) is 5.90. The van der Waals surface area contributed by atoms with Crippen LogP contribution in [0.2, 0.25) is 0 Å². The largest absolute Gasteiger partial charge is 0.375 e. The number of ether oxygens (including phenoxy) is 2. The fourth-order valence-corrected chi connectivity index (χ4v) is 2.56. The molecule has 1 heterocycles. The molecule has 0 aromatic heterocycles. The van der Waals surface area contributed by atoms with Gasteiger partial charge in [0.1, 0.15) is 0 Å². The van der Waals surface area contributed by atoms with E-state index in [1.807, 2.05) is 0 Å². The molecule has 0 radical (unpaired) electrons. The van der Waals surface area contributed by atoms with E-state index in [4.69, 9.17) is 15.2 Å². The minimum Gasteiger partial charge on any atom is -0.375 e. The van der Waals surface area contributed by atoms with E-state index in [1.165, 1.54) is 0 Å². The van der Waals surface area contributed by atoms with Gasteiger partial charge in [0.05, 0.1) is 24.4 Å². The fourth-order valence-electron chi connectivity index (χ4n) is 2.56. The lowest BCUT2D eigenvalue weighted by Crippen LogP contribution is -2.25. The van der Waals surface area contributed by atoms with Gasteiger partial charge in [-0.05, 0) is 46.0 Å². The molecule has 1 aliphatic carbocycles. The second kappa shape index (κ2) is 4.40. The van der Waals surface area contributed by atoms with Crippen molar-refractivity contribution in [1.29, 1.82) is 0 Å². The van der Waals surface area contributed by atoms with E-state index in [0.717, 1.165) is 38.7 Å². The lowest BCUT2D eigenvalue weighted by Gasteiger charge is -2.20. The molecular formula is C12H23NO2. The first-order valence-electron chi connectivity index (χ1n) is 6.10. The molecule has 2 N–H and O–H groups in total. The highest BCUT2D eigenvalue weighted by atomic mass is 16.6. The minimum absolute atomic E-state index is 0.0557. The monoisotopic (exact) mass is 213 g/mol. The van der Waals surface area contributed by atoms with Crippen LogP contribution in [-0.4, -0.2) is 30.5 Å². The van der Waals surface area contributed by atoms with Crippen molar-refractivity contribution in [3.8, 4) is 0 Å². The van der Waals surface area contributed by atoms with Gasteiger partial charge in [-0.15, -0.1) is 0 Å². The van der Waals surface area contributed by atoms with E-state index in [2.05, 4.69) is 13.8 Å². The molecule has 88 valence electrons. The topological polar surface area (TPSA) is 44.5 Å². The smallest absolute Gasteiger partial charge is 0.0816 e. The first kappa shape index (κ1) is 11.4. The van der Waals surface area contributed by atoms with Crippen LogP contribution in [0, 0.1) is 0 Å². The van der Waals surface area contributed by atoms with Gasteiger partial charge < -0.3 is 15.2 Å². The van der Waals surface area contributed by atoms with Gasteiger partial charge in [-0.1, -0.05) is 0 Å². The van der Waals surface area contributed by atoms with Gasteiger partial charge in [-0.3, -0.25) is 0 Å². The molecule has 3 atom stereocenters. The summed E-state index contributed by atoms with van der Waals surface area (Å²) in [5, 5.41) is 0. The molecule has 3 heteroatoms.